The molecule has 2 aliphatic rings. The Labute approximate surface area is 152 Å². The number of ketones is 1. The van der Waals surface area contributed by atoms with Crippen LogP contribution in [0.15, 0.2) is 12.2 Å². The summed E-state index contributed by atoms with van der Waals surface area (Å²) in [7, 11) is 0. The molecule has 8 heteroatoms. The molecule has 7 atom stereocenters. The van der Waals surface area contributed by atoms with Gasteiger partial charge in [0.1, 0.15) is 30.1 Å². The lowest BCUT2D eigenvalue weighted by Gasteiger charge is -2.40. The van der Waals surface area contributed by atoms with Crippen LogP contribution in [0.1, 0.15) is 39.0 Å². The lowest BCUT2D eigenvalue weighted by molar-refractivity contribution is -0.253. The first-order valence-corrected chi connectivity index (χ1v) is 9.16. The minimum absolute atomic E-state index is 0.0853. The van der Waals surface area contributed by atoms with Gasteiger partial charge >= 0.3 is 0 Å². The molecule has 1 saturated carbocycles. The van der Waals surface area contributed by atoms with E-state index in [1.807, 2.05) is 19.1 Å². The van der Waals surface area contributed by atoms with Gasteiger partial charge in [-0.05, 0) is 25.2 Å². The van der Waals surface area contributed by atoms with Crippen LogP contribution in [0.4, 0.5) is 0 Å². The summed E-state index contributed by atoms with van der Waals surface area (Å²) < 4.78 is 5.02. The van der Waals surface area contributed by atoms with Crippen LogP contribution in [0.2, 0.25) is 0 Å². The second kappa shape index (κ2) is 9.57. The van der Waals surface area contributed by atoms with Crippen LogP contribution >= 0.6 is 0 Å². The SMILES string of the molecule is CC/C=C/CC1C(=O)CCC1CC(=O)NC1C(O)O[C@H](CO)[C@@H](O)[C@@H]1O. The van der Waals surface area contributed by atoms with Gasteiger partial charge in [-0.15, -0.1) is 0 Å². The number of aliphatic hydroxyl groups excluding tert-OH is 4. The van der Waals surface area contributed by atoms with Crippen LogP contribution in [-0.4, -0.2) is 69.4 Å². The van der Waals surface area contributed by atoms with Crippen molar-refractivity contribution in [3.8, 4) is 0 Å². The Balaban J connectivity index is 1.93. The van der Waals surface area contributed by atoms with Gasteiger partial charge in [0.15, 0.2) is 6.29 Å². The summed E-state index contributed by atoms with van der Waals surface area (Å²) >= 11 is 0. The molecule has 2 fully saturated rings. The molecule has 0 spiro atoms. The Kier molecular flexibility index (Phi) is 7.72. The maximum atomic E-state index is 12.3. The maximum absolute atomic E-state index is 12.3. The second-order valence-electron chi connectivity index (χ2n) is 7.01. The summed E-state index contributed by atoms with van der Waals surface area (Å²) in [6.07, 6.45) is 1.11. The average Bonchev–Trinajstić information content (AvgIpc) is 2.95. The summed E-state index contributed by atoms with van der Waals surface area (Å²) in [5.74, 6) is -0.537. The van der Waals surface area contributed by atoms with Crippen molar-refractivity contribution < 1.29 is 34.8 Å². The van der Waals surface area contributed by atoms with Gasteiger partial charge in [-0.1, -0.05) is 19.1 Å². The number of aliphatic hydroxyl groups is 4. The van der Waals surface area contributed by atoms with Crippen LogP contribution in [0.5, 0.6) is 0 Å². The monoisotopic (exact) mass is 371 g/mol. The van der Waals surface area contributed by atoms with Crippen molar-refractivity contribution in [1.82, 2.24) is 5.32 Å². The topological polar surface area (TPSA) is 136 Å². The van der Waals surface area contributed by atoms with E-state index in [-0.39, 0.29) is 24.0 Å². The van der Waals surface area contributed by atoms with Crippen LogP contribution in [-0.2, 0) is 14.3 Å². The highest BCUT2D eigenvalue weighted by Gasteiger charge is 2.44. The van der Waals surface area contributed by atoms with E-state index in [1.54, 1.807) is 0 Å². The first-order valence-electron chi connectivity index (χ1n) is 9.16. The Bertz CT molecular complexity index is 524. The number of carbonyl (C=O) groups is 2. The summed E-state index contributed by atoms with van der Waals surface area (Å²) in [5, 5.41) is 41.4. The smallest absolute Gasteiger partial charge is 0.220 e. The standard InChI is InChI=1S/C18H29NO7/c1-2-3-4-5-11-10(6-7-12(11)21)8-14(22)19-15-17(24)16(23)13(9-20)26-18(15)25/h3-4,10-11,13,15-18,20,23-25H,2,5-9H2,1H3,(H,19,22)/b4-3+/t10?,11?,13-,15?,16-,17-,18?/m1/s1. The Hall–Kier alpha value is -1.32. The third-order valence-corrected chi connectivity index (χ3v) is 5.21. The van der Waals surface area contributed by atoms with Gasteiger partial charge in [-0.2, -0.15) is 0 Å². The number of ether oxygens (including phenoxy) is 1. The number of Topliss-reactive ketones (excluding diaryl/α,β-unsaturated/α-hetero) is 1. The van der Waals surface area contributed by atoms with E-state index in [4.69, 9.17) is 9.84 Å². The average molecular weight is 371 g/mol. The van der Waals surface area contributed by atoms with Crippen LogP contribution < -0.4 is 5.32 Å². The molecule has 0 aromatic carbocycles. The molecule has 8 nitrogen and oxygen atoms in total. The molecule has 4 unspecified atom stereocenters. The number of amides is 1. The minimum atomic E-state index is -1.54. The van der Waals surface area contributed by atoms with Crippen LogP contribution in [0.25, 0.3) is 0 Å². The zero-order valence-corrected chi connectivity index (χ0v) is 15.0. The fraction of sp³-hybridized carbons (Fsp3) is 0.778. The Morgan fingerprint density at radius 3 is 2.65 bits per heavy atom. The van der Waals surface area contributed by atoms with Crippen molar-refractivity contribution >= 4 is 11.7 Å². The summed E-state index contributed by atoms with van der Waals surface area (Å²) in [5.41, 5.74) is 0. The number of allylic oxidation sites excluding steroid dienone is 2. The van der Waals surface area contributed by atoms with E-state index in [9.17, 15) is 24.9 Å². The molecule has 1 saturated heterocycles. The molecule has 1 aliphatic carbocycles. The molecule has 26 heavy (non-hydrogen) atoms. The molecule has 1 aliphatic heterocycles. The number of rotatable bonds is 7. The predicted molar refractivity (Wildman–Crippen MR) is 91.8 cm³/mol. The molecule has 2 rings (SSSR count). The maximum Gasteiger partial charge on any atom is 0.220 e. The molecule has 5 N–H and O–H groups in total. The summed E-state index contributed by atoms with van der Waals surface area (Å²) in [6, 6.07) is -1.20. The van der Waals surface area contributed by atoms with Crippen LogP contribution in [0.3, 0.4) is 0 Å². The van der Waals surface area contributed by atoms with Crippen molar-refractivity contribution in [3.05, 3.63) is 12.2 Å². The molecule has 1 amide bonds. The molecule has 148 valence electrons. The predicted octanol–water partition coefficient (Wildman–Crippen LogP) is -0.756. The van der Waals surface area contributed by atoms with Crippen molar-refractivity contribution in [3.63, 3.8) is 0 Å². The van der Waals surface area contributed by atoms with E-state index in [0.717, 1.165) is 6.42 Å². The lowest BCUT2D eigenvalue weighted by Crippen LogP contribution is -2.64. The molecule has 0 bridgehead atoms. The number of hydrogen-bond acceptors (Lipinski definition) is 7. The molecular formula is C18H29NO7. The number of carbonyl (C=O) groups excluding carboxylic acids is 2. The van der Waals surface area contributed by atoms with Gasteiger partial charge in [-0.3, -0.25) is 9.59 Å². The van der Waals surface area contributed by atoms with Gasteiger partial charge in [0.25, 0.3) is 0 Å². The third kappa shape index (κ3) is 4.89. The van der Waals surface area contributed by atoms with Crippen molar-refractivity contribution in [2.75, 3.05) is 6.61 Å². The van der Waals surface area contributed by atoms with Crippen molar-refractivity contribution in [2.45, 2.75) is 69.7 Å². The highest BCUT2D eigenvalue weighted by atomic mass is 16.6. The van der Waals surface area contributed by atoms with Gasteiger partial charge in [0, 0.05) is 18.8 Å². The molecule has 1 heterocycles. The van der Waals surface area contributed by atoms with Gasteiger partial charge in [0.2, 0.25) is 5.91 Å². The minimum Gasteiger partial charge on any atom is -0.394 e. The molecule has 0 radical (unpaired) electrons. The van der Waals surface area contributed by atoms with Gasteiger partial charge < -0.3 is 30.5 Å². The number of hydrogen-bond donors (Lipinski definition) is 5. The van der Waals surface area contributed by atoms with Gasteiger partial charge in [0.05, 0.1) is 6.61 Å². The summed E-state index contributed by atoms with van der Waals surface area (Å²) in [4.78, 5) is 24.4. The zero-order valence-electron chi connectivity index (χ0n) is 15.0. The molecule has 0 aromatic heterocycles. The summed E-state index contributed by atoms with van der Waals surface area (Å²) in [6.45, 7) is 1.45. The molecule has 0 aromatic rings. The van der Waals surface area contributed by atoms with E-state index in [0.29, 0.717) is 19.3 Å². The van der Waals surface area contributed by atoms with E-state index >= 15 is 0 Å². The van der Waals surface area contributed by atoms with E-state index < -0.39 is 43.2 Å². The van der Waals surface area contributed by atoms with Crippen molar-refractivity contribution in [1.29, 1.82) is 0 Å². The quantitative estimate of drug-likeness (QED) is 0.371. The highest BCUT2D eigenvalue weighted by molar-refractivity contribution is 5.85. The normalized spacial score (nSPS) is 38.0. The van der Waals surface area contributed by atoms with Crippen molar-refractivity contribution in [2.24, 2.45) is 11.8 Å². The number of nitrogens with one attached hydrogen (secondary N) is 1. The lowest BCUT2D eigenvalue weighted by atomic mass is 9.89. The van der Waals surface area contributed by atoms with E-state index in [1.165, 1.54) is 0 Å². The second-order valence-corrected chi connectivity index (χ2v) is 7.01. The largest absolute Gasteiger partial charge is 0.394 e. The fourth-order valence-corrected chi connectivity index (χ4v) is 3.69. The highest BCUT2D eigenvalue weighted by Crippen LogP contribution is 2.34. The molecular weight excluding hydrogens is 342 g/mol. The Morgan fingerprint density at radius 2 is 2.00 bits per heavy atom. The third-order valence-electron chi connectivity index (χ3n) is 5.21. The van der Waals surface area contributed by atoms with Gasteiger partial charge in [-0.25, -0.2) is 0 Å². The van der Waals surface area contributed by atoms with Crippen LogP contribution in [0, 0.1) is 11.8 Å². The fourth-order valence-electron chi connectivity index (χ4n) is 3.69. The van der Waals surface area contributed by atoms with E-state index in [2.05, 4.69) is 5.32 Å². The Morgan fingerprint density at radius 1 is 1.27 bits per heavy atom. The zero-order chi connectivity index (χ0) is 19.3. The first-order chi connectivity index (χ1) is 12.4. The first kappa shape index (κ1) is 21.0.